The summed E-state index contributed by atoms with van der Waals surface area (Å²) in [6.07, 6.45) is 2.57. The Bertz CT molecular complexity index is 667. The van der Waals surface area contributed by atoms with Gasteiger partial charge in [0.15, 0.2) is 0 Å². The van der Waals surface area contributed by atoms with Crippen LogP contribution in [0.3, 0.4) is 0 Å². The van der Waals surface area contributed by atoms with Gasteiger partial charge in [0, 0.05) is 24.6 Å². The van der Waals surface area contributed by atoms with Gasteiger partial charge in [0.25, 0.3) is 11.8 Å². The number of carbonyl (C=O) groups is 2. The molecule has 0 saturated carbocycles. The maximum absolute atomic E-state index is 11.5. The monoisotopic (exact) mass is 241 g/mol. The van der Waals surface area contributed by atoms with E-state index in [9.17, 15) is 9.59 Å². The predicted molar refractivity (Wildman–Crippen MR) is 65.4 cm³/mol. The minimum Gasteiger partial charge on any atom is -0.269 e. The molecule has 2 aromatic rings. The van der Waals surface area contributed by atoms with Crippen molar-refractivity contribution in [2.45, 2.75) is 6.54 Å². The molecular formula is C13H11N3O2. The van der Waals surface area contributed by atoms with E-state index in [4.69, 9.17) is 0 Å². The minimum absolute atomic E-state index is 0.214. The number of para-hydroxylation sites is 1. The standard InChI is InChI=1S/C13H11N3O2/c1-15-11-5-3-2-4-9(11)10(14-15)8-16-12(17)6-7-13(16)18/h2-7H,8H2,1H3. The third kappa shape index (κ3) is 1.52. The van der Waals surface area contributed by atoms with Crippen LogP contribution in [0.4, 0.5) is 0 Å². The fraction of sp³-hybridized carbons (Fsp3) is 0.154. The molecular weight excluding hydrogens is 230 g/mol. The number of fused-ring (bicyclic) bond motifs is 1. The lowest BCUT2D eigenvalue weighted by Crippen LogP contribution is -2.29. The Hall–Kier alpha value is -2.43. The van der Waals surface area contributed by atoms with Crippen LogP contribution < -0.4 is 0 Å². The zero-order chi connectivity index (χ0) is 12.7. The number of hydrogen-bond acceptors (Lipinski definition) is 3. The summed E-state index contributed by atoms with van der Waals surface area (Å²) in [5.41, 5.74) is 1.72. The lowest BCUT2D eigenvalue weighted by atomic mass is 10.2. The molecule has 0 saturated heterocycles. The Morgan fingerprint density at radius 3 is 2.50 bits per heavy atom. The van der Waals surface area contributed by atoms with Crippen LogP contribution in [0.15, 0.2) is 36.4 Å². The number of aromatic nitrogens is 2. The summed E-state index contributed by atoms with van der Waals surface area (Å²) >= 11 is 0. The highest BCUT2D eigenvalue weighted by Gasteiger charge is 2.25. The first-order valence-corrected chi connectivity index (χ1v) is 5.61. The van der Waals surface area contributed by atoms with E-state index in [1.165, 1.54) is 17.1 Å². The van der Waals surface area contributed by atoms with Crippen LogP contribution >= 0.6 is 0 Å². The van der Waals surface area contributed by atoms with Crippen LogP contribution in [0.25, 0.3) is 10.9 Å². The molecule has 2 heterocycles. The molecule has 90 valence electrons. The van der Waals surface area contributed by atoms with Crippen LogP contribution in [0.2, 0.25) is 0 Å². The van der Waals surface area contributed by atoms with Gasteiger partial charge >= 0.3 is 0 Å². The maximum Gasteiger partial charge on any atom is 0.253 e. The van der Waals surface area contributed by atoms with Gasteiger partial charge in [-0.3, -0.25) is 19.2 Å². The molecule has 5 heteroatoms. The molecule has 0 spiro atoms. The van der Waals surface area contributed by atoms with Crippen molar-refractivity contribution >= 4 is 22.7 Å². The number of imide groups is 1. The second-order valence-electron chi connectivity index (χ2n) is 4.18. The van der Waals surface area contributed by atoms with Crippen molar-refractivity contribution in [3.8, 4) is 0 Å². The van der Waals surface area contributed by atoms with Gasteiger partial charge in [0.05, 0.1) is 17.8 Å². The molecule has 1 aliphatic heterocycles. The van der Waals surface area contributed by atoms with Crippen molar-refractivity contribution < 1.29 is 9.59 Å². The molecule has 0 unspecified atom stereocenters. The molecule has 0 aliphatic carbocycles. The molecule has 1 aliphatic rings. The third-order valence-corrected chi connectivity index (χ3v) is 3.04. The zero-order valence-electron chi connectivity index (χ0n) is 9.83. The van der Waals surface area contributed by atoms with Gasteiger partial charge in [0.2, 0.25) is 0 Å². The van der Waals surface area contributed by atoms with Crippen molar-refractivity contribution in [2.24, 2.45) is 7.05 Å². The number of benzene rings is 1. The summed E-state index contributed by atoms with van der Waals surface area (Å²) in [5.74, 6) is -0.565. The van der Waals surface area contributed by atoms with E-state index >= 15 is 0 Å². The van der Waals surface area contributed by atoms with E-state index in [-0.39, 0.29) is 18.4 Å². The summed E-state index contributed by atoms with van der Waals surface area (Å²) in [6.45, 7) is 0.214. The van der Waals surface area contributed by atoms with Crippen LogP contribution in [0, 0.1) is 0 Å². The lowest BCUT2D eigenvalue weighted by molar-refractivity contribution is -0.137. The van der Waals surface area contributed by atoms with E-state index in [1.54, 1.807) is 4.68 Å². The Kier molecular flexibility index (Phi) is 2.26. The minimum atomic E-state index is -0.283. The molecule has 2 amide bonds. The molecule has 3 rings (SSSR count). The smallest absolute Gasteiger partial charge is 0.253 e. The zero-order valence-corrected chi connectivity index (χ0v) is 9.83. The highest BCUT2D eigenvalue weighted by atomic mass is 16.2. The number of hydrogen-bond donors (Lipinski definition) is 0. The van der Waals surface area contributed by atoms with Gasteiger partial charge in [-0.25, -0.2) is 0 Å². The van der Waals surface area contributed by atoms with Crippen LogP contribution in [0.5, 0.6) is 0 Å². The summed E-state index contributed by atoms with van der Waals surface area (Å²) in [5, 5.41) is 5.33. The molecule has 0 N–H and O–H groups in total. The SMILES string of the molecule is Cn1nc(CN2C(=O)C=CC2=O)c2ccccc21. The molecule has 0 bridgehead atoms. The second kappa shape index (κ2) is 3.80. The molecule has 1 aromatic heterocycles. The summed E-state index contributed by atoms with van der Waals surface area (Å²) in [6, 6.07) is 7.74. The number of carbonyl (C=O) groups excluding carboxylic acids is 2. The van der Waals surface area contributed by atoms with E-state index in [1.807, 2.05) is 31.3 Å². The van der Waals surface area contributed by atoms with Crippen molar-refractivity contribution in [3.63, 3.8) is 0 Å². The number of amides is 2. The van der Waals surface area contributed by atoms with E-state index in [0.717, 1.165) is 16.6 Å². The summed E-state index contributed by atoms with van der Waals surface area (Å²) < 4.78 is 1.75. The summed E-state index contributed by atoms with van der Waals surface area (Å²) in [4.78, 5) is 24.2. The van der Waals surface area contributed by atoms with Crippen LogP contribution in [-0.2, 0) is 23.2 Å². The fourth-order valence-electron chi connectivity index (χ4n) is 2.14. The van der Waals surface area contributed by atoms with E-state index in [0.29, 0.717) is 0 Å². The Morgan fingerprint density at radius 2 is 1.78 bits per heavy atom. The Balaban J connectivity index is 2.01. The average molecular weight is 241 g/mol. The average Bonchev–Trinajstić information content (AvgIpc) is 2.86. The van der Waals surface area contributed by atoms with Crippen LogP contribution in [0.1, 0.15) is 5.69 Å². The van der Waals surface area contributed by atoms with Gasteiger partial charge in [0.1, 0.15) is 0 Å². The Labute approximate surface area is 103 Å². The molecule has 18 heavy (non-hydrogen) atoms. The van der Waals surface area contributed by atoms with Gasteiger partial charge in [-0.1, -0.05) is 18.2 Å². The normalized spacial score (nSPS) is 15.1. The quantitative estimate of drug-likeness (QED) is 0.737. The predicted octanol–water partition coefficient (Wildman–Crippen LogP) is 0.998. The van der Waals surface area contributed by atoms with Gasteiger partial charge in [-0.2, -0.15) is 5.10 Å². The van der Waals surface area contributed by atoms with Gasteiger partial charge in [-0.05, 0) is 6.07 Å². The fourth-order valence-corrected chi connectivity index (χ4v) is 2.14. The number of rotatable bonds is 2. The van der Waals surface area contributed by atoms with E-state index < -0.39 is 0 Å². The Morgan fingerprint density at radius 1 is 1.11 bits per heavy atom. The maximum atomic E-state index is 11.5. The topological polar surface area (TPSA) is 55.2 Å². The van der Waals surface area contributed by atoms with Gasteiger partial charge in [-0.15, -0.1) is 0 Å². The van der Waals surface area contributed by atoms with Crippen LogP contribution in [-0.4, -0.2) is 26.5 Å². The van der Waals surface area contributed by atoms with Crippen molar-refractivity contribution in [3.05, 3.63) is 42.1 Å². The first-order valence-electron chi connectivity index (χ1n) is 5.61. The largest absolute Gasteiger partial charge is 0.269 e. The van der Waals surface area contributed by atoms with E-state index in [2.05, 4.69) is 5.10 Å². The first-order chi connectivity index (χ1) is 8.66. The lowest BCUT2D eigenvalue weighted by Gasteiger charge is -2.11. The highest BCUT2D eigenvalue weighted by Crippen LogP contribution is 2.20. The highest BCUT2D eigenvalue weighted by molar-refractivity contribution is 6.12. The summed E-state index contributed by atoms with van der Waals surface area (Å²) in [7, 11) is 1.84. The second-order valence-corrected chi connectivity index (χ2v) is 4.18. The molecule has 1 aromatic carbocycles. The van der Waals surface area contributed by atoms with Gasteiger partial charge < -0.3 is 0 Å². The molecule has 0 radical (unpaired) electrons. The number of nitrogens with zero attached hydrogens (tertiary/aromatic N) is 3. The third-order valence-electron chi connectivity index (χ3n) is 3.04. The molecule has 5 nitrogen and oxygen atoms in total. The number of aryl methyl sites for hydroxylation is 1. The first kappa shape index (κ1) is 10.7. The molecule has 0 fully saturated rings. The van der Waals surface area contributed by atoms with Crippen molar-refractivity contribution in [1.82, 2.24) is 14.7 Å². The molecule has 0 atom stereocenters. The van der Waals surface area contributed by atoms with Crippen molar-refractivity contribution in [1.29, 1.82) is 0 Å². The van der Waals surface area contributed by atoms with Crippen molar-refractivity contribution in [2.75, 3.05) is 0 Å².